The van der Waals surface area contributed by atoms with Crippen LogP contribution in [-0.2, 0) is 22.6 Å². The number of benzene rings is 2. The van der Waals surface area contributed by atoms with Crippen molar-refractivity contribution in [3.63, 3.8) is 0 Å². The standard InChI is InChI=1S/C20H23FN2O2/c1-15-5-3-4-6-18(15)13-22-20(25)14-23(16(2)24)12-11-17-7-9-19(21)10-8-17/h3-10H,11-14H2,1-2H3,(H,22,25). The van der Waals surface area contributed by atoms with Crippen LogP contribution >= 0.6 is 0 Å². The number of rotatable bonds is 7. The smallest absolute Gasteiger partial charge is 0.239 e. The van der Waals surface area contributed by atoms with Crippen molar-refractivity contribution in [1.29, 1.82) is 0 Å². The Morgan fingerprint density at radius 3 is 2.40 bits per heavy atom. The quantitative estimate of drug-likeness (QED) is 0.841. The number of aryl methyl sites for hydroxylation is 1. The zero-order valence-corrected chi connectivity index (χ0v) is 14.6. The van der Waals surface area contributed by atoms with Gasteiger partial charge in [0.25, 0.3) is 0 Å². The van der Waals surface area contributed by atoms with Gasteiger partial charge in [0.15, 0.2) is 0 Å². The minimum atomic E-state index is -0.289. The molecule has 4 nitrogen and oxygen atoms in total. The first-order chi connectivity index (χ1) is 12.0. The molecule has 0 heterocycles. The number of hydrogen-bond donors (Lipinski definition) is 1. The van der Waals surface area contributed by atoms with E-state index in [1.165, 1.54) is 24.0 Å². The molecule has 0 saturated carbocycles. The highest BCUT2D eigenvalue weighted by Crippen LogP contribution is 2.07. The minimum absolute atomic E-state index is 0.0163. The lowest BCUT2D eigenvalue weighted by atomic mass is 10.1. The Hall–Kier alpha value is -2.69. The van der Waals surface area contributed by atoms with Crippen molar-refractivity contribution >= 4 is 11.8 Å². The first kappa shape index (κ1) is 18.6. The SMILES string of the molecule is CC(=O)N(CCc1ccc(F)cc1)CC(=O)NCc1ccccc1C. The molecule has 0 saturated heterocycles. The summed E-state index contributed by atoms with van der Waals surface area (Å²) in [7, 11) is 0. The third-order valence-electron chi connectivity index (χ3n) is 4.10. The Morgan fingerprint density at radius 1 is 1.08 bits per heavy atom. The fourth-order valence-electron chi connectivity index (χ4n) is 2.49. The second-order valence-corrected chi connectivity index (χ2v) is 6.02. The molecule has 0 spiro atoms. The number of carbonyl (C=O) groups excluding carboxylic acids is 2. The van der Waals surface area contributed by atoms with Crippen LogP contribution in [0.1, 0.15) is 23.6 Å². The van der Waals surface area contributed by atoms with E-state index in [2.05, 4.69) is 5.32 Å². The summed E-state index contributed by atoms with van der Waals surface area (Å²) in [6.07, 6.45) is 0.574. The Balaban J connectivity index is 1.85. The van der Waals surface area contributed by atoms with Gasteiger partial charge in [0.05, 0.1) is 6.54 Å². The van der Waals surface area contributed by atoms with Crippen molar-refractivity contribution in [2.75, 3.05) is 13.1 Å². The van der Waals surface area contributed by atoms with Gasteiger partial charge < -0.3 is 10.2 Å². The average Bonchev–Trinajstić information content (AvgIpc) is 2.59. The van der Waals surface area contributed by atoms with Crippen LogP contribution in [0, 0.1) is 12.7 Å². The molecule has 0 radical (unpaired) electrons. The molecule has 2 aromatic rings. The third-order valence-corrected chi connectivity index (χ3v) is 4.10. The molecular formula is C20H23FN2O2. The van der Waals surface area contributed by atoms with E-state index in [9.17, 15) is 14.0 Å². The highest BCUT2D eigenvalue weighted by Gasteiger charge is 2.13. The molecule has 25 heavy (non-hydrogen) atoms. The van der Waals surface area contributed by atoms with Gasteiger partial charge in [-0.15, -0.1) is 0 Å². The third kappa shape index (κ3) is 6.03. The zero-order valence-electron chi connectivity index (χ0n) is 14.6. The fourth-order valence-corrected chi connectivity index (χ4v) is 2.49. The summed E-state index contributed by atoms with van der Waals surface area (Å²) in [5.41, 5.74) is 3.09. The molecule has 0 fully saturated rings. The second kappa shape index (κ2) is 8.97. The first-order valence-corrected chi connectivity index (χ1v) is 8.27. The maximum absolute atomic E-state index is 12.9. The number of hydrogen-bond acceptors (Lipinski definition) is 2. The van der Waals surface area contributed by atoms with Gasteiger partial charge in [0.1, 0.15) is 5.82 Å². The lowest BCUT2D eigenvalue weighted by Gasteiger charge is -2.20. The van der Waals surface area contributed by atoms with Crippen LogP contribution in [0.4, 0.5) is 4.39 Å². The van der Waals surface area contributed by atoms with E-state index in [4.69, 9.17) is 0 Å². The van der Waals surface area contributed by atoms with Crippen molar-refractivity contribution in [3.8, 4) is 0 Å². The summed E-state index contributed by atoms with van der Waals surface area (Å²) >= 11 is 0. The number of carbonyl (C=O) groups is 2. The van der Waals surface area contributed by atoms with Crippen LogP contribution in [-0.4, -0.2) is 29.8 Å². The summed E-state index contributed by atoms with van der Waals surface area (Å²) in [6.45, 7) is 4.31. The molecule has 5 heteroatoms. The minimum Gasteiger partial charge on any atom is -0.350 e. The van der Waals surface area contributed by atoms with Gasteiger partial charge in [-0.3, -0.25) is 9.59 Å². The first-order valence-electron chi connectivity index (χ1n) is 8.27. The predicted octanol–water partition coefficient (Wildman–Crippen LogP) is 2.84. The van der Waals surface area contributed by atoms with Gasteiger partial charge in [0, 0.05) is 20.0 Å². The van der Waals surface area contributed by atoms with Gasteiger partial charge >= 0.3 is 0 Å². The lowest BCUT2D eigenvalue weighted by Crippen LogP contribution is -2.40. The highest BCUT2D eigenvalue weighted by atomic mass is 19.1. The highest BCUT2D eigenvalue weighted by molar-refractivity contribution is 5.83. The number of halogens is 1. The molecule has 2 aromatic carbocycles. The van der Waals surface area contributed by atoms with E-state index in [1.807, 2.05) is 31.2 Å². The van der Waals surface area contributed by atoms with Crippen LogP contribution in [0.25, 0.3) is 0 Å². The van der Waals surface area contributed by atoms with Gasteiger partial charge in [-0.25, -0.2) is 4.39 Å². The molecule has 132 valence electrons. The number of amides is 2. The molecule has 2 amide bonds. The van der Waals surface area contributed by atoms with E-state index in [0.29, 0.717) is 19.5 Å². The van der Waals surface area contributed by atoms with E-state index < -0.39 is 0 Å². The molecule has 0 aliphatic rings. The van der Waals surface area contributed by atoms with Crippen molar-refractivity contribution in [3.05, 3.63) is 71.0 Å². The predicted molar refractivity (Wildman–Crippen MR) is 95.4 cm³/mol. The van der Waals surface area contributed by atoms with Gasteiger partial charge in [-0.2, -0.15) is 0 Å². The lowest BCUT2D eigenvalue weighted by molar-refractivity contribution is -0.134. The average molecular weight is 342 g/mol. The molecule has 0 aliphatic carbocycles. The Morgan fingerprint density at radius 2 is 1.76 bits per heavy atom. The van der Waals surface area contributed by atoms with Crippen molar-refractivity contribution < 1.29 is 14.0 Å². The Labute approximate surface area is 147 Å². The molecule has 1 N–H and O–H groups in total. The van der Waals surface area contributed by atoms with Crippen LogP contribution in [0.3, 0.4) is 0 Å². The molecule has 0 unspecified atom stereocenters. The summed E-state index contributed by atoms with van der Waals surface area (Å²) in [5, 5.41) is 2.85. The topological polar surface area (TPSA) is 49.4 Å². The molecule has 0 atom stereocenters. The van der Waals surface area contributed by atoms with Gasteiger partial charge in [-0.1, -0.05) is 36.4 Å². The molecule has 0 aliphatic heterocycles. The fraction of sp³-hybridized carbons (Fsp3) is 0.300. The second-order valence-electron chi connectivity index (χ2n) is 6.02. The van der Waals surface area contributed by atoms with E-state index in [-0.39, 0.29) is 24.2 Å². The maximum Gasteiger partial charge on any atom is 0.239 e. The maximum atomic E-state index is 12.9. The van der Waals surface area contributed by atoms with Crippen molar-refractivity contribution in [1.82, 2.24) is 10.2 Å². The summed E-state index contributed by atoms with van der Waals surface area (Å²) in [6, 6.07) is 14.0. The van der Waals surface area contributed by atoms with Gasteiger partial charge in [0.2, 0.25) is 11.8 Å². The molecule has 0 aromatic heterocycles. The summed E-state index contributed by atoms with van der Waals surface area (Å²) in [5.74, 6) is -0.645. The van der Waals surface area contributed by atoms with Crippen LogP contribution in [0.2, 0.25) is 0 Å². The van der Waals surface area contributed by atoms with Crippen LogP contribution < -0.4 is 5.32 Å². The van der Waals surface area contributed by atoms with Crippen molar-refractivity contribution in [2.45, 2.75) is 26.8 Å². The van der Waals surface area contributed by atoms with E-state index in [1.54, 1.807) is 12.1 Å². The van der Waals surface area contributed by atoms with Crippen LogP contribution in [0.15, 0.2) is 48.5 Å². The largest absolute Gasteiger partial charge is 0.350 e. The summed E-state index contributed by atoms with van der Waals surface area (Å²) in [4.78, 5) is 25.4. The monoisotopic (exact) mass is 342 g/mol. The number of nitrogens with one attached hydrogen (secondary N) is 1. The Bertz CT molecular complexity index is 729. The molecule has 0 bridgehead atoms. The molecular weight excluding hydrogens is 319 g/mol. The summed E-state index contributed by atoms with van der Waals surface area (Å²) < 4.78 is 12.9. The van der Waals surface area contributed by atoms with E-state index >= 15 is 0 Å². The van der Waals surface area contributed by atoms with E-state index in [0.717, 1.165) is 16.7 Å². The number of nitrogens with zero attached hydrogens (tertiary/aromatic N) is 1. The van der Waals surface area contributed by atoms with Crippen LogP contribution in [0.5, 0.6) is 0 Å². The van der Waals surface area contributed by atoms with Gasteiger partial charge in [-0.05, 0) is 42.2 Å². The molecule has 2 rings (SSSR count). The Kier molecular flexibility index (Phi) is 6.69. The van der Waals surface area contributed by atoms with Crippen molar-refractivity contribution in [2.24, 2.45) is 0 Å². The zero-order chi connectivity index (χ0) is 18.2. The normalized spacial score (nSPS) is 10.4.